The monoisotopic (exact) mass is 363 g/mol. The van der Waals surface area contributed by atoms with Gasteiger partial charge in [-0.25, -0.2) is 4.98 Å². The molecular formula is C10H10IN3O2S. The summed E-state index contributed by atoms with van der Waals surface area (Å²) in [6, 6.07) is 5.38. The number of rotatable bonds is 3. The SMILES string of the molecule is Cc1ccc(NS(=O)(=O)c2cnc[nH]2)cc1I. The summed E-state index contributed by atoms with van der Waals surface area (Å²) < 4.78 is 27.2. The van der Waals surface area contributed by atoms with Gasteiger partial charge in [0.25, 0.3) is 10.0 Å². The van der Waals surface area contributed by atoms with Gasteiger partial charge in [-0.1, -0.05) is 6.07 Å². The third kappa shape index (κ3) is 2.78. The Bertz CT molecular complexity index is 623. The van der Waals surface area contributed by atoms with Crippen molar-refractivity contribution in [3.63, 3.8) is 0 Å². The van der Waals surface area contributed by atoms with Crippen molar-refractivity contribution in [3.05, 3.63) is 39.9 Å². The van der Waals surface area contributed by atoms with Crippen molar-refractivity contribution in [2.45, 2.75) is 11.9 Å². The maximum Gasteiger partial charge on any atom is 0.278 e. The van der Waals surface area contributed by atoms with Gasteiger partial charge in [0, 0.05) is 9.26 Å². The minimum absolute atomic E-state index is 0.0492. The number of aromatic amines is 1. The molecule has 1 aromatic carbocycles. The Labute approximate surface area is 113 Å². The van der Waals surface area contributed by atoms with Crippen LogP contribution >= 0.6 is 22.6 Å². The van der Waals surface area contributed by atoms with E-state index < -0.39 is 10.0 Å². The van der Waals surface area contributed by atoms with Crippen molar-refractivity contribution in [2.24, 2.45) is 0 Å². The fraction of sp³-hybridized carbons (Fsp3) is 0.100. The molecule has 1 heterocycles. The van der Waals surface area contributed by atoms with E-state index in [0.29, 0.717) is 5.69 Å². The highest BCUT2D eigenvalue weighted by molar-refractivity contribution is 14.1. The molecule has 5 nitrogen and oxygen atoms in total. The molecule has 0 saturated carbocycles. The van der Waals surface area contributed by atoms with E-state index in [1.54, 1.807) is 12.1 Å². The number of nitrogens with zero attached hydrogens (tertiary/aromatic N) is 1. The average molecular weight is 363 g/mol. The van der Waals surface area contributed by atoms with Crippen LogP contribution in [-0.2, 0) is 10.0 Å². The number of imidazole rings is 1. The van der Waals surface area contributed by atoms with Crippen molar-refractivity contribution < 1.29 is 8.42 Å². The minimum atomic E-state index is -3.57. The van der Waals surface area contributed by atoms with E-state index in [1.165, 1.54) is 12.5 Å². The lowest BCUT2D eigenvalue weighted by Gasteiger charge is -2.07. The normalized spacial score (nSPS) is 11.4. The van der Waals surface area contributed by atoms with Crippen LogP contribution in [0.5, 0.6) is 0 Å². The zero-order valence-electron chi connectivity index (χ0n) is 8.94. The zero-order chi connectivity index (χ0) is 12.5. The van der Waals surface area contributed by atoms with Gasteiger partial charge in [0.2, 0.25) is 0 Å². The van der Waals surface area contributed by atoms with Gasteiger partial charge < -0.3 is 4.98 Å². The molecule has 0 aliphatic heterocycles. The average Bonchev–Trinajstić information content (AvgIpc) is 2.77. The zero-order valence-corrected chi connectivity index (χ0v) is 11.9. The molecule has 90 valence electrons. The Morgan fingerprint density at radius 1 is 1.41 bits per heavy atom. The van der Waals surface area contributed by atoms with Crippen molar-refractivity contribution in [2.75, 3.05) is 4.72 Å². The molecule has 17 heavy (non-hydrogen) atoms. The molecule has 0 radical (unpaired) electrons. The quantitative estimate of drug-likeness (QED) is 0.821. The molecule has 2 N–H and O–H groups in total. The molecule has 0 saturated heterocycles. The Hall–Kier alpha value is -1.09. The number of sulfonamides is 1. The molecule has 0 atom stereocenters. The van der Waals surface area contributed by atoms with Crippen LogP contribution in [0.1, 0.15) is 5.56 Å². The van der Waals surface area contributed by atoms with Crippen molar-refractivity contribution in [1.29, 1.82) is 0 Å². The predicted octanol–water partition coefficient (Wildman–Crippen LogP) is 2.12. The Kier molecular flexibility index (Phi) is 3.38. The van der Waals surface area contributed by atoms with Gasteiger partial charge in [-0.05, 0) is 47.2 Å². The first kappa shape index (κ1) is 12.4. The lowest BCUT2D eigenvalue weighted by molar-refractivity contribution is 0.598. The summed E-state index contributed by atoms with van der Waals surface area (Å²) in [7, 11) is -3.57. The minimum Gasteiger partial charge on any atom is -0.334 e. The van der Waals surface area contributed by atoms with Crippen LogP contribution in [0.15, 0.2) is 35.7 Å². The number of benzene rings is 1. The summed E-state index contributed by atoms with van der Waals surface area (Å²) >= 11 is 2.16. The fourth-order valence-electron chi connectivity index (χ4n) is 1.26. The molecule has 2 rings (SSSR count). The molecule has 0 aliphatic rings. The van der Waals surface area contributed by atoms with E-state index in [9.17, 15) is 8.42 Å². The number of H-pyrrole nitrogens is 1. The predicted molar refractivity (Wildman–Crippen MR) is 73.3 cm³/mol. The Balaban J connectivity index is 2.30. The molecule has 7 heteroatoms. The molecule has 0 amide bonds. The molecule has 2 aromatic rings. The lowest BCUT2D eigenvalue weighted by Crippen LogP contribution is -2.13. The van der Waals surface area contributed by atoms with Gasteiger partial charge in [0.15, 0.2) is 5.03 Å². The fourth-order valence-corrected chi connectivity index (χ4v) is 2.73. The third-order valence-corrected chi connectivity index (χ3v) is 4.66. The van der Waals surface area contributed by atoms with E-state index in [-0.39, 0.29) is 5.03 Å². The number of halogens is 1. The Morgan fingerprint density at radius 3 is 2.76 bits per heavy atom. The van der Waals surface area contributed by atoms with E-state index in [0.717, 1.165) is 9.13 Å². The first-order chi connectivity index (χ1) is 7.99. The standard InChI is InChI=1S/C10H10IN3O2S/c1-7-2-3-8(4-9(7)11)14-17(15,16)10-5-12-6-13-10/h2-6,14H,1H3,(H,12,13). The first-order valence-electron chi connectivity index (χ1n) is 4.76. The Morgan fingerprint density at radius 2 is 2.18 bits per heavy atom. The summed E-state index contributed by atoms with van der Waals surface area (Å²) in [4.78, 5) is 6.25. The van der Waals surface area contributed by atoms with E-state index in [2.05, 4.69) is 37.3 Å². The number of nitrogens with one attached hydrogen (secondary N) is 2. The van der Waals surface area contributed by atoms with Gasteiger partial charge in [-0.15, -0.1) is 0 Å². The van der Waals surface area contributed by atoms with Gasteiger partial charge >= 0.3 is 0 Å². The smallest absolute Gasteiger partial charge is 0.278 e. The highest BCUT2D eigenvalue weighted by atomic mass is 127. The molecular weight excluding hydrogens is 353 g/mol. The van der Waals surface area contributed by atoms with Crippen LogP contribution in [0.3, 0.4) is 0 Å². The maximum absolute atomic E-state index is 11.9. The van der Waals surface area contributed by atoms with Crippen LogP contribution in [0.2, 0.25) is 0 Å². The van der Waals surface area contributed by atoms with E-state index >= 15 is 0 Å². The van der Waals surface area contributed by atoms with Crippen LogP contribution in [0, 0.1) is 10.5 Å². The van der Waals surface area contributed by atoms with Crippen molar-refractivity contribution in [3.8, 4) is 0 Å². The topological polar surface area (TPSA) is 74.8 Å². The maximum atomic E-state index is 11.9. The second-order valence-corrected chi connectivity index (χ2v) is 6.30. The molecule has 1 aromatic heterocycles. The van der Waals surface area contributed by atoms with Gasteiger partial charge in [-0.3, -0.25) is 4.72 Å². The largest absolute Gasteiger partial charge is 0.334 e. The summed E-state index contributed by atoms with van der Waals surface area (Å²) in [5, 5.41) is 0.0492. The van der Waals surface area contributed by atoms with E-state index in [1.807, 2.05) is 13.0 Å². The second-order valence-electron chi connectivity index (χ2n) is 3.49. The number of hydrogen-bond donors (Lipinski definition) is 2. The van der Waals surface area contributed by atoms with Gasteiger partial charge in [0.05, 0.1) is 12.5 Å². The summed E-state index contributed by atoms with van der Waals surface area (Å²) in [6.45, 7) is 1.97. The van der Waals surface area contributed by atoms with Crippen LogP contribution < -0.4 is 4.72 Å². The summed E-state index contributed by atoms with van der Waals surface area (Å²) in [5.74, 6) is 0. The van der Waals surface area contributed by atoms with Crippen molar-refractivity contribution in [1.82, 2.24) is 9.97 Å². The molecule has 0 bridgehead atoms. The summed E-state index contributed by atoms with van der Waals surface area (Å²) in [5.41, 5.74) is 1.64. The highest BCUT2D eigenvalue weighted by Crippen LogP contribution is 2.19. The van der Waals surface area contributed by atoms with Crippen LogP contribution in [0.4, 0.5) is 5.69 Å². The number of aryl methyl sites for hydroxylation is 1. The molecule has 0 fully saturated rings. The van der Waals surface area contributed by atoms with Crippen LogP contribution in [0.25, 0.3) is 0 Å². The molecule has 0 unspecified atom stereocenters. The van der Waals surface area contributed by atoms with Gasteiger partial charge in [-0.2, -0.15) is 8.42 Å². The van der Waals surface area contributed by atoms with Crippen LogP contribution in [-0.4, -0.2) is 18.4 Å². The lowest BCUT2D eigenvalue weighted by atomic mass is 10.2. The first-order valence-corrected chi connectivity index (χ1v) is 7.32. The highest BCUT2D eigenvalue weighted by Gasteiger charge is 2.15. The number of anilines is 1. The van der Waals surface area contributed by atoms with Crippen molar-refractivity contribution >= 4 is 38.3 Å². The third-order valence-electron chi connectivity index (χ3n) is 2.19. The molecule has 0 spiro atoms. The van der Waals surface area contributed by atoms with E-state index in [4.69, 9.17) is 0 Å². The van der Waals surface area contributed by atoms with Gasteiger partial charge in [0.1, 0.15) is 0 Å². The second kappa shape index (κ2) is 4.65. The number of hydrogen-bond acceptors (Lipinski definition) is 3. The molecule has 0 aliphatic carbocycles. The summed E-state index contributed by atoms with van der Waals surface area (Å²) in [6.07, 6.45) is 2.59. The number of aromatic nitrogens is 2.